The van der Waals surface area contributed by atoms with Crippen molar-refractivity contribution in [1.82, 2.24) is 30.5 Å². The maximum atomic E-state index is 13.1. The lowest BCUT2D eigenvalue weighted by atomic mass is 10.0. The highest BCUT2D eigenvalue weighted by molar-refractivity contribution is 5.87. The Bertz CT molecular complexity index is 677. The quantitative estimate of drug-likeness (QED) is 0.766. The normalized spacial score (nSPS) is 23.2. The minimum atomic E-state index is -0.347. The maximum Gasteiger partial charge on any atom is 0.245 e. The van der Waals surface area contributed by atoms with Crippen LogP contribution in [0.15, 0.2) is 6.20 Å². The number of aromatic amines is 1. The summed E-state index contributed by atoms with van der Waals surface area (Å²) in [5.41, 5.74) is 0.759. The van der Waals surface area contributed by atoms with E-state index in [0.29, 0.717) is 32.5 Å². The summed E-state index contributed by atoms with van der Waals surface area (Å²) in [6, 6.07) is -0.401. The van der Waals surface area contributed by atoms with Gasteiger partial charge in [-0.2, -0.15) is 15.4 Å². The third-order valence-electron chi connectivity index (χ3n) is 5.61. The zero-order valence-corrected chi connectivity index (χ0v) is 16.5. The van der Waals surface area contributed by atoms with E-state index in [1.807, 2.05) is 4.90 Å². The molecule has 3 amide bonds. The zero-order chi connectivity index (χ0) is 19.9. The van der Waals surface area contributed by atoms with Crippen LogP contribution in [0.5, 0.6) is 0 Å². The van der Waals surface area contributed by atoms with Crippen LogP contribution < -0.4 is 5.32 Å². The molecule has 0 spiro atoms. The number of nitrogens with one attached hydrogen (secondary N) is 2. The fourth-order valence-corrected chi connectivity index (χ4v) is 4.14. The second-order valence-corrected chi connectivity index (χ2v) is 7.73. The van der Waals surface area contributed by atoms with Gasteiger partial charge in [0.1, 0.15) is 6.04 Å². The minimum Gasteiger partial charge on any atom is -0.352 e. The van der Waals surface area contributed by atoms with Crippen molar-refractivity contribution in [2.24, 2.45) is 0 Å². The SMILES string of the molecule is CC(=O)N1CCC[C@@H]1C(=O)N1CCCCCC(NC(=O)CCc2cn[nH]n2)C1. The molecule has 1 aromatic rings. The molecule has 2 N–H and O–H groups in total. The summed E-state index contributed by atoms with van der Waals surface area (Å²) in [6.45, 7) is 3.38. The van der Waals surface area contributed by atoms with Crippen LogP contribution in [0.2, 0.25) is 0 Å². The van der Waals surface area contributed by atoms with Gasteiger partial charge in [0.2, 0.25) is 17.7 Å². The summed E-state index contributed by atoms with van der Waals surface area (Å²) in [6.07, 6.45) is 7.99. The van der Waals surface area contributed by atoms with E-state index >= 15 is 0 Å². The predicted molar refractivity (Wildman–Crippen MR) is 102 cm³/mol. The Morgan fingerprint density at radius 2 is 2.04 bits per heavy atom. The topological polar surface area (TPSA) is 111 Å². The molecule has 9 heteroatoms. The van der Waals surface area contributed by atoms with Crippen LogP contribution in [-0.4, -0.2) is 74.7 Å². The molecule has 1 aromatic heterocycles. The number of carbonyl (C=O) groups is 3. The number of amides is 3. The van der Waals surface area contributed by atoms with E-state index in [2.05, 4.69) is 20.7 Å². The van der Waals surface area contributed by atoms with Gasteiger partial charge in [0, 0.05) is 45.4 Å². The van der Waals surface area contributed by atoms with Crippen LogP contribution >= 0.6 is 0 Å². The summed E-state index contributed by atoms with van der Waals surface area (Å²) in [5, 5.41) is 13.3. The van der Waals surface area contributed by atoms with Crippen molar-refractivity contribution in [2.75, 3.05) is 19.6 Å². The molecule has 2 atom stereocenters. The molecule has 2 fully saturated rings. The van der Waals surface area contributed by atoms with Gasteiger partial charge in [-0.1, -0.05) is 12.8 Å². The van der Waals surface area contributed by atoms with E-state index in [9.17, 15) is 14.4 Å². The average molecular weight is 390 g/mol. The fourth-order valence-electron chi connectivity index (χ4n) is 4.14. The van der Waals surface area contributed by atoms with Gasteiger partial charge in [-0.3, -0.25) is 14.4 Å². The first-order chi connectivity index (χ1) is 13.5. The van der Waals surface area contributed by atoms with E-state index < -0.39 is 0 Å². The molecule has 2 aliphatic rings. The average Bonchev–Trinajstić information content (AvgIpc) is 3.33. The van der Waals surface area contributed by atoms with Crippen LogP contribution in [-0.2, 0) is 20.8 Å². The van der Waals surface area contributed by atoms with Gasteiger partial charge < -0.3 is 15.1 Å². The van der Waals surface area contributed by atoms with Gasteiger partial charge >= 0.3 is 0 Å². The number of H-pyrrole nitrogens is 1. The van der Waals surface area contributed by atoms with Crippen molar-refractivity contribution in [3.63, 3.8) is 0 Å². The van der Waals surface area contributed by atoms with E-state index in [1.54, 1.807) is 11.1 Å². The second kappa shape index (κ2) is 9.66. The Morgan fingerprint density at radius 1 is 1.18 bits per heavy atom. The van der Waals surface area contributed by atoms with Crippen molar-refractivity contribution in [2.45, 2.75) is 70.4 Å². The number of hydrogen-bond acceptors (Lipinski definition) is 5. The number of carbonyl (C=O) groups excluding carboxylic acids is 3. The Morgan fingerprint density at radius 3 is 2.79 bits per heavy atom. The van der Waals surface area contributed by atoms with Gasteiger partial charge in [0.15, 0.2) is 0 Å². The molecule has 0 aromatic carbocycles. The molecule has 2 aliphatic heterocycles. The third kappa shape index (κ3) is 5.30. The number of rotatable bonds is 5. The molecular weight excluding hydrogens is 360 g/mol. The molecule has 1 unspecified atom stereocenters. The van der Waals surface area contributed by atoms with Crippen molar-refractivity contribution in [1.29, 1.82) is 0 Å². The minimum absolute atomic E-state index is 0.0245. The summed E-state index contributed by atoms with van der Waals surface area (Å²) < 4.78 is 0. The highest BCUT2D eigenvalue weighted by Crippen LogP contribution is 2.21. The lowest BCUT2D eigenvalue weighted by molar-refractivity contribution is -0.143. The number of nitrogens with zero attached hydrogens (tertiary/aromatic N) is 4. The summed E-state index contributed by atoms with van der Waals surface area (Å²) >= 11 is 0. The molecule has 9 nitrogen and oxygen atoms in total. The van der Waals surface area contributed by atoms with E-state index in [4.69, 9.17) is 0 Å². The van der Waals surface area contributed by atoms with Crippen molar-refractivity contribution in [3.8, 4) is 0 Å². The summed E-state index contributed by atoms with van der Waals surface area (Å²) in [7, 11) is 0. The molecule has 0 aliphatic carbocycles. The van der Waals surface area contributed by atoms with Crippen molar-refractivity contribution in [3.05, 3.63) is 11.9 Å². The van der Waals surface area contributed by atoms with Crippen LogP contribution in [0.25, 0.3) is 0 Å². The van der Waals surface area contributed by atoms with Gasteiger partial charge in [-0.05, 0) is 25.7 Å². The van der Waals surface area contributed by atoms with E-state index in [-0.39, 0.29) is 29.8 Å². The molecule has 2 saturated heterocycles. The monoisotopic (exact) mass is 390 g/mol. The largest absolute Gasteiger partial charge is 0.352 e. The van der Waals surface area contributed by atoms with Gasteiger partial charge in [0.25, 0.3) is 0 Å². The van der Waals surface area contributed by atoms with Crippen LogP contribution in [0.1, 0.15) is 57.6 Å². The van der Waals surface area contributed by atoms with Crippen molar-refractivity contribution >= 4 is 17.7 Å². The van der Waals surface area contributed by atoms with E-state index in [1.165, 1.54) is 6.92 Å². The molecular formula is C19H30N6O3. The Labute approximate surface area is 165 Å². The molecule has 0 saturated carbocycles. The Hall–Kier alpha value is -2.45. The molecule has 3 rings (SSSR count). The highest BCUT2D eigenvalue weighted by Gasteiger charge is 2.36. The molecule has 0 radical (unpaired) electrons. The van der Waals surface area contributed by atoms with E-state index in [0.717, 1.165) is 44.2 Å². The Kier molecular flexibility index (Phi) is 7.00. The van der Waals surface area contributed by atoms with Gasteiger partial charge in [0.05, 0.1) is 11.9 Å². The predicted octanol–water partition coefficient (Wildman–Crippen LogP) is 0.636. The van der Waals surface area contributed by atoms with Crippen LogP contribution in [0, 0.1) is 0 Å². The lowest BCUT2D eigenvalue weighted by Gasteiger charge is -2.34. The zero-order valence-electron chi connectivity index (χ0n) is 16.5. The standard InChI is InChI=1S/C19H30N6O3/c1-14(26)25-11-5-7-17(25)19(28)24-10-4-2-3-6-16(13-24)21-18(27)9-8-15-12-20-23-22-15/h12,16-17H,2-11,13H2,1H3,(H,21,27)(H,20,22,23)/t16?,17-/m1/s1. The first kappa shape index (κ1) is 20.3. The Balaban J connectivity index is 1.56. The number of aryl methyl sites for hydroxylation is 1. The smallest absolute Gasteiger partial charge is 0.245 e. The van der Waals surface area contributed by atoms with Gasteiger partial charge in [-0.15, -0.1) is 0 Å². The molecule has 0 bridgehead atoms. The van der Waals surface area contributed by atoms with Crippen LogP contribution in [0.4, 0.5) is 0 Å². The molecule has 154 valence electrons. The number of likely N-dealkylation sites (tertiary alicyclic amines) is 2. The summed E-state index contributed by atoms with van der Waals surface area (Å²) in [4.78, 5) is 40.8. The lowest BCUT2D eigenvalue weighted by Crippen LogP contribution is -2.52. The number of hydrogen-bond donors (Lipinski definition) is 2. The molecule has 3 heterocycles. The fraction of sp³-hybridized carbons (Fsp3) is 0.737. The van der Waals surface area contributed by atoms with Gasteiger partial charge in [-0.25, -0.2) is 0 Å². The molecule has 28 heavy (non-hydrogen) atoms. The first-order valence-electron chi connectivity index (χ1n) is 10.2. The van der Waals surface area contributed by atoms with Crippen molar-refractivity contribution < 1.29 is 14.4 Å². The summed E-state index contributed by atoms with van der Waals surface area (Å²) in [5.74, 6) is -0.0516. The van der Waals surface area contributed by atoms with Crippen LogP contribution in [0.3, 0.4) is 0 Å². The first-order valence-corrected chi connectivity index (χ1v) is 10.2. The number of aromatic nitrogens is 3. The highest BCUT2D eigenvalue weighted by atomic mass is 16.2. The third-order valence-corrected chi connectivity index (χ3v) is 5.61. The maximum absolute atomic E-state index is 13.1. The second-order valence-electron chi connectivity index (χ2n) is 7.73.